The number of carbonyl (C=O) groups excluding carboxylic acids is 2. The summed E-state index contributed by atoms with van der Waals surface area (Å²) in [5.41, 5.74) is 1.08. The first kappa shape index (κ1) is 28.2. The number of Topliss-reactive ketones (excluding diaryl/α,β-unsaturated/α-hetero) is 2. The maximum absolute atomic E-state index is 10.7. The zero-order valence-electron chi connectivity index (χ0n) is 17.7. The quantitative estimate of drug-likeness (QED) is 0.410. The maximum atomic E-state index is 10.7. The summed E-state index contributed by atoms with van der Waals surface area (Å²) in [5, 5.41) is 17.8. The molecule has 0 radical (unpaired) electrons. The summed E-state index contributed by atoms with van der Waals surface area (Å²) in [7, 11) is 0. The van der Waals surface area contributed by atoms with E-state index < -0.39 is 0 Å². The van der Waals surface area contributed by atoms with Crippen LogP contribution < -0.4 is 0 Å². The summed E-state index contributed by atoms with van der Waals surface area (Å²) in [5.74, 6) is 0.201. The van der Waals surface area contributed by atoms with E-state index in [1.807, 2.05) is 24.3 Å². The minimum absolute atomic E-state index is 0. The number of allylic oxidation sites excluding steroid dienone is 8. The molecule has 0 heterocycles. The first-order valence-electron chi connectivity index (χ1n) is 9.43. The Morgan fingerprint density at radius 3 is 1.29 bits per heavy atom. The number of benzene rings is 2. The third-order valence-electron chi connectivity index (χ3n) is 3.68. The monoisotopic (exact) mass is 492 g/mol. The number of phenolic OH excluding ortho intramolecular Hbond substituents is 2. The van der Waals surface area contributed by atoms with Crippen LogP contribution in [-0.4, -0.2) is 21.8 Å². The summed E-state index contributed by atoms with van der Waals surface area (Å²) >= 11 is 0. The number of carbonyl (C=O) groups is 2. The van der Waals surface area contributed by atoms with E-state index in [1.165, 1.54) is 38.1 Å². The molecule has 4 rings (SSSR count). The molecule has 2 aromatic carbocycles. The van der Waals surface area contributed by atoms with Crippen molar-refractivity contribution in [3.8, 4) is 11.5 Å². The van der Waals surface area contributed by atoms with Gasteiger partial charge in [0.05, 0.1) is 0 Å². The van der Waals surface area contributed by atoms with Gasteiger partial charge < -0.3 is 10.2 Å². The van der Waals surface area contributed by atoms with E-state index in [0.29, 0.717) is 11.1 Å². The predicted octanol–water partition coefficient (Wildman–Crippen LogP) is 5.80. The molecule has 0 saturated heterocycles. The average molecular weight is 494 g/mol. The van der Waals surface area contributed by atoms with E-state index in [-0.39, 0.29) is 49.3 Å². The van der Waals surface area contributed by atoms with Gasteiger partial charge in [0.15, 0.2) is 11.6 Å². The van der Waals surface area contributed by atoms with Crippen molar-refractivity contribution >= 4 is 11.6 Å². The van der Waals surface area contributed by atoms with E-state index in [4.69, 9.17) is 10.2 Å². The van der Waals surface area contributed by atoms with Crippen LogP contribution in [-0.2, 0) is 26.2 Å². The van der Waals surface area contributed by atoms with Gasteiger partial charge in [0, 0.05) is 11.1 Å². The van der Waals surface area contributed by atoms with E-state index in [0.717, 1.165) is 12.8 Å². The molecule has 5 heteroatoms. The van der Waals surface area contributed by atoms with Gasteiger partial charge in [-0.2, -0.15) is 12.2 Å². The normalized spacial score (nSPS) is 11.7. The summed E-state index contributed by atoms with van der Waals surface area (Å²) in [6, 6.07) is 12.6. The second-order valence-corrected chi connectivity index (χ2v) is 6.22. The Hall–Kier alpha value is -2.78. The Morgan fingerprint density at radius 1 is 0.742 bits per heavy atom. The van der Waals surface area contributed by atoms with Crippen molar-refractivity contribution in [3.63, 3.8) is 0 Å². The van der Waals surface area contributed by atoms with Crippen LogP contribution in [0.4, 0.5) is 0 Å². The maximum Gasteiger partial charge on any atom is 2.00 e. The van der Waals surface area contributed by atoms with E-state index in [2.05, 4.69) is 24.3 Å². The van der Waals surface area contributed by atoms with Crippen LogP contribution >= 0.6 is 0 Å². The first-order chi connectivity index (χ1) is 14.4. The second kappa shape index (κ2) is 17.0. The van der Waals surface area contributed by atoms with Crippen molar-refractivity contribution < 1.29 is 46.0 Å². The Balaban J connectivity index is 0.000000401. The minimum Gasteiger partial charge on any atom is -0.508 e. The van der Waals surface area contributed by atoms with Gasteiger partial charge in [0.2, 0.25) is 0 Å². The first-order valence-corrected chi connectivity index (χ1v) is 9.43. The van der Waals surface area contributed by atoms with Crippen LogP contribution in [0.1, 0.15) is 47.4 Å². The van der Waals surface area contributed by atoms with Crippen molar-refractivity contribution in [3.05, 3.63) is 108 Å². The molecule has 31 heavy (non-hydrogen) atoms. The molecule has 4 nitrogen and oxygen atoms in total. The van der Waals surface area contributed by atoms with E-state index >= 15 is 0 Å². The fourth-order valence-corrected chi connectivity index (χ4v) is 2.13. The summed E-state index contributed by atoms with van der Waals surface area (Å²) in [4.78, 5) is 21.4. The Labute approximate surface area is 203 Å². The van der Waals surface area contributed by atoms with Gasteiger partial charge in [-0.3, -0.25) is 21.7 Å². The smallest absolute Gasteiger partial charge is 0.508 e. The fraction of sp³-hybridized carbons (Fsp3) is 0.154. The molecule has 2 N–H and O–H groups in total. The van der Waals surface area contributed by atoms with Crippen LogP contribution in [0.2, 0.25) is 0 Å². The van der Waals surface area contributed by atoms with Gasteiger partial charge in [-0.25, -0.2) is 24.3 Å². The fourth-order valence-electron chi connectivity index (χ4n) is 2.13. The van der Waals surface area contributed by atoms with Crippen LogP contribution in [0.25, 0.3) is 0 Å². The molecule has 0 saturated carbocycles. The molecule has 0 bridgehead atoms. The third-order valence-corrected chi connectivity index (χ3v) is 3.68. The zero-order valence-corrected chi connectivity index (χ0v) is 20.2. The van der Waals surface area contributed by atoms with E-state index in [9.17, 15) is 9.59 Å². The molecule has 0 atom stereocenters. The van der Waals surface area contributed by atoms with E-state index in [1.54, 1.807) is 24.3 Å². The number of rotatable bonds is 2. The molecule has 0 unspecified atom stereocenters. The molecule has 0 spiro atoms. The molecule has 0 aliphatic heterocycles. The van der Waals surface area contributed by atoms with Gasteiger partial charge in [-0.15, -0.1) is 12.8 Å². The number of phenols is 2. The standard InChI is InChI=1S/2C8H8O2.2C5H5.Zr/c2*1-6(9)7-3-2-4-8(10)5-7;2*1-2-4-5-3-1;/h2*2-5,10H,1H3;2*1-3H,4H2;/q;;2*-1;+2. The zero-order chi connectivity index (χ0) is 22.2. The SMILES string of the molecule is CC(=O)c1cccc(O)c1.CC(=O)c1cccc(O)c1.[C-]1=CC=CC1.[C-]1=CC=CC1.[Zr+2]. The largest absolute Gasteiger partial charge is 2.00 e. The number of hydrogen-bond acceptors (Lipinski definition) is 4. The van der Waals surface area contributed by atoms with Crippen LogP contribution in [0.3, 0.4) is 0 Å². The topological polar surface area (TPSA) is 74.6 Å². The van der Waals surface area contributed by atoms with Crippen molar-refractivity contribution in [1.82, 2.24) is 0 Å². The summed E-state index contributed by atoms with van der Waals surface area (Å²) in [6.07, 6.45) is 20.0. The van der Waals surface area contributed by atoms with Gasteiger partial charge in [0.25, 0.3) is 0 Å². The van der Waals surface area contributed by atoms with Crippen LogP contribution in [0, 0.1) is 12.2 Å². The van der Waals surface area contributed by atoms with Crippen molar-refractivity contribution in [2.45, 2.75) is 26.7 Å². The number of aromatic hydroxyl groups is 2. The molecule has 2 aliphatic carbocycles. The Kier molecular flexibility index (Phi) is 15.4. The average Bonchev–Trinajstić information content (AvgIpc) is 3.47. The van der Waals surface area contributed by atoms with Crippen molar-refractivity contribution in [2.75, 3.05) is 0 Å². The van der Waals surface area contributed by atoms with Gasteiger partial charge in [0.1, 0.15) is 11.5 Å². The summed E-state index contributed by atoms with van der Waals surface area (Å²) in [6.45, 7) is 2.93. The Morgan fingerprint density at radius 2 is 1.13 bits per heavy atom. The van der Waals surface area contributed by atoms with Crippen LogP contribution in [0.5, 0.6) is 11.5 Å². The number of hydrogen-bond donors (Lipinski definition) is 2. The van der Waals surface area contributed by atoms with Gasteiger partial charge >= 0.3 is 26.2 Å². The molecule has 2 aromatic rings. The molecule has 158 valence electrons. The minimum atomic E-state index is -0.0316. The third kappa shape index (κ3) is 14.0. The molecule has 0 fully saturated rings. The molecule has 0 aromatic heterocycles. The van der Waals surface area contributed by atoms with Gasteiger partial charge in [-0.1, -0.05) is 24.3 Å². The molecule has 2 aliphatic rings. The molecule has 0 amide bonds. The summed E-state index contributed by atoms with van der Waals surface area (Å²) < 4.78 is 0. The van der Waals surface area contributed by atoms with Crippen molar-refractivity contribution in [2.24, 2.45) is 0 Å². The van der Waals surface area contributed by atoms with Crippen molar-refractivity contribution in [1.29, 1.82) is 0 Å². The Bertz CT molecular complexity index is 842. The predicted molar refractivity (Wildman–Crippen MR) is 119 cm³/mol. The van der Waals surface area contributed by atoms with Crippen LogP contribution in [0.15, 0.2) is 85.0 Å². The number of ketones is 2. The molecular weight excluding hydrogens is 468 g/mol. The molecular formula is C26H26O4Zr. The van der Waals surface area contributed by atoms with Gasteiger partial charge in [-0.05, 0) is 38.1 Å². The second-order valence-electron chi connectivity index (χ2n) is 6.22.